The van der Waals surface area contributed by atoms with Crippen LogP contribution < -0.4 is 0 Å². The maximum atomic E-state index is 5.80. The molecular formula is C12H16OS. The summed E-state index contributed by atoms with van der Waals surface area (Å²) in [6.07, 6.45) is 5.65. The Labute approximate surface area is 90.9 Å². The van der Waals surface area contributed by atoms with Crippen LogP contribution in [0.4, 0.5) is 0 Å². The molecule has 1 saturated carbocycles. The molecule has 0 amide bonds. The van der Waals surface area contributed by atoms with Crippen LogP contribution in [0.2, 0.25) is 0 Å². The molecule has 2 rings (SSSR count). The van der Waals surface area contributed by atoms with E-state index >= 15 is 0 Å². The molecule has 0 aliphatic heterocycles. The Kier molecular flexibility index (Phi) is 3.49. The predicted octanol–water partition coefficient (Wildman–Crippen LogP) is 3.43. The molecule has 14 heavy (non-hydrogen) atoms. The highest BCUT2D eigenvalue weighted by molar-refractivity contribution is 7.80. The summed E-state index contributed by atoms with van der Waals surface area (Å²) in [5.41, 5.74) is 1.25. The van der Waals surface area contributed by atoms with E-state index in [9.17, 15) is 0 Å². The molecular weight excluding hydrogens is 192 g/mol. The summed E-state index contributed by atoms with van der Waals surface area (Å²) in [5.74, 6) is 0. The second-order valence-corrected chi connectivity index (χ2v) is 4.40. The van der Waals surface area contributed by atoms with Gasteiger partial charge in [0.1, 0.15) is 0 Å². The molecule has 0 bridgehead atoms. The number of hydrogen-bond donors (Lipinski definition) is 1. The van der Waals surface area contributed by atoms with E-state index in [1.165, 1.54) is 31.2 Å². The molecule has 0 radical (unpaired) electrons. The highest BCUT2D eigenvalue weighted by atomic mass is 32.1. The van der Waals surface area contributed by atoms with Gasteiger partial charge in [-0.15, -0.1) is 12.6 Å². The van der Waals surface area contributed by atoms with Crippen LogP contribution in [0, 0.1) is 0 Å². The average Bonchev–Trinajstić information content (AvgIpc) is 2.70. The van der Waals surface area contributed by atoms with Crippen molar-refractivity contribution in [2.24, 2.45) is 0 Å². The molecule has 0 aromatic heterocycles. The van der Waals surface area contributed by atoms with Crippen molar-refractivity contribution in [1.29, 1.82) is 0 Å². The van der Waals surface area contributed by atoms with E-state index in [1.807, 2.05) is 12.1 Å². The lowest BCUT2D eigenvalue weighted by Gasteiger charge is -2.10. The van der Waals surface area contributed by atoms with Gasteiger partial charge in [0.15, 0.2) is 0 Å². The van der Waals surface area contributed by atoms with Gasteiger partial charge in [0, 0.05) is 4.90 Å². The molecule has 1 fully saturated rings. The number of ether oxygens (including phenoxy) is 1. The van der Waals surface area contributed by atoms with E-state index in [2.05, 4.69) is 24.8 Å². The number of benzene rings is 1. The minimum atomic E-state index is 0.505. The topological polar surface area (TPSA) is 9.23 Å². The fraction of sp³-hybridized carbons (Fsp3) is 0.500. The Bertz CT molecular complexity index is 275. The zero-order valence-electron chi connectivity index (χ0n) is 8.28. The molecule has 2 heteroatoms. The molecule has 0 atom stereocenters. The number of rotatable bonds is 3. The molecule has 0 unspecified atom stereocenters. The minimum absolute atomic E-state index is 0.505. The fourth-order valence-corrected chi connectivity index (χ4v) is 2.01. The van der Waals surface area contributed by atoms with Crippen molar-refractivity contribution in [2.45, 2.75) is 43.3 Å². The first-order valence-electron chi connectivity index (χ1n) is 5.24. The maximum Gasteiger partial charge on any atom is 0.0720 e. The lowest BCUT2D eigenvalue weighted by Crippen LogP contribution is -2.06. The Morgan fingerprint density at radius 3 is 2.43 bits per heavy atom. The Morgan fingerprint density at radius 2 is 1.79 bits per heavy atom. The summed E-state index contributed by atoms with van der Waals surface area (Å²) in [5, 5.41) is 0. The van der Waals surface area contributed by atoms with Crippen LogP contribution in [-0.2, 0) is 11.3 Å². The van der Waals surface area contributed by atoms with Gasteiger partial charge < -0.3 is 4.74 Å². The maximum absolute atomic E-state index is 5.80. The van der Waals surface area contributed by atoms with Gasteiger partial charge in [-0.1, -0.05) is 25.0 Å². The highest BCUT2D eigenvalue weighted by Crippen LogP contribution is 2.22. The standard InChI is InChI=1S/C12H16OS/c14-12-7-5-10(6-8-12)9-13-11-3-1-2-4-11/h5-8,11,14H,1-4,9H2. The van der Waals surface area contributed by atoms with E-state index in [0.717, 1.165) is 11.5 Å². The summed E-state index contributed by atoms with van der Waals surface area (Å²) in [6, 6.07) is 8.18. The van der Waals surface area contributed by atoms with Crippen LogP contribution in [0.5, 0.6) is 0 Å². The molecule has 1 nitrogen and oxygen atoms in total. The monoisotopic (exact) mass is 208 g/mol. The summed E-state index contributed by atoms with van der Waals surface area (Å²) in [7, 11) is 0. The molecule has 1 aliphatic carbocycles. The minimum Gasteiger partial charge on any atom is -0.374 e. The molecule has 0 N–H and O–H groups in total. The van der Waals surface area contributed by atoms with Crippen LogP contribution in [0.3, 0.4) is 0 Å². The molecule has 0 spiro atoms. The molecule has 1 aromatic rings. The Balaban J connectivity index is 1.82. The summed E-state index contributed by atoms with van der Waals surface area (Å²) in [6.45, 7) is 0.749. The SMILES string of the molecule is Sc1ccc(COC2CCCC2)cc1. The summed E-state index contributed by atoms with van der Waals surface area (Å²) >= 11 is 4.25. The van der Waals surface area contributed by atoms with Crippen molar-refractivity contribution in [3.8, 4) is 0 Å². The van der Waals surface area contributed by atoms with Crippen molar-refractivity contribution < 1.29 is 4.74 Å². The van der Waals surface area contributed by atoms with Crippen LogP contribution in [-0.4, -0.2) is 6.10 Å². The normalized spacial score (nSPS) is 17.5. The second kappa shape index (κ2) is 4.85. The third-order valence-electron chi connectivity index (χ3n) is 2.72. The van der Waals surface area contributed by atoms with Gasteiger partial charge in [-0.3, -0.25) is 0 Å². The van der Waals surface area contributed by atoms with E-state index in [4.69, 9.17) is 4.74 Å². The van der Waals surface area contributed by atoms with E-state index < -0.39 is 0 Å². The molecule has 0 heterocycles. The zero-order chi connectivity index (χ0) is 9.80. The molecule has 0 saturated heterocycles. The first-order chi connectivity index (χ1) is 6.84. The van der Waals surface area contributed by atoms with E-state index in [1.54, 1.807) is 0 Å². The summed E-state index contributed by atoms with van der Waals surface area (Å²) in [4.78, 5) is 1.01. The first kappa shape index (κ1) is 10.1. The molecule has 76 valence electrons. The van der Waals surface area contributed by atoms with Crippen molar-refractivity contribution in [1.82, 2.24) is 0 Å². The van der Waals surface area contributed by atoms with Gasteiger partial charge in [-0.25, -0.2) is 0 Å². The van der Waals surface area contributed by atoms with Crippen molar-refractivity contribution >= 4 is 12.6 Å². The quantitative estimate of drug-likeness (QED) is 0.749. The van der Waals surface area contributed by atoms with Gasteiger partial charge in [-0.05, 0) is 30.5 Å². The predicted molar refractivity (Wildman–Crippen MR) is 60.7 cm³/mol. The van der Waals surface area contributed by atoms with Crippen molar-refractivity contribution in [3.05, 3.63) is 29.8 Å². The summed E-state index contributed by atoms with van der Waals surface area (Å²) < 4.78 is 5.80. The van der Waals surface area contributed by atoms with Crippen LogP contribution in [0.15, 0.2) is 29.2 Å². The van der Waals surface area contributed by atoms with Gasteiger partial charge in [0.2, 0.25) is 0 Å². The van der Waals surface area contributed by atoms with Gasteiger partial charge in [0.25, 0.3) is 0 Å². The highest BCUT2D eigenvalue weighted by Gasteiger charge is 2.14. The van der Waals surface area contributed by atoms with Crippen molar-refractivity contribution in [3.63, 3.8) is 0 Å². The van der Waals surface area contributed by atoms with Crippen LogP contribution in [0.25, 0.3) is 0 Å². The third kappa shape index (κ3) is 2.76. The largest absolute Gasteiger partial charge is 0.374 e. The molecule has 1 aromatic carbocycles. The van der Waals surface area contributed by atoms with Gasteiger partial charge >= 0.3 is 0 Å². The first-order valence-corrected chi connectivity index (χ1v) is 5.69. The fourth-order valence-electron chi connectivity index (χ4n) is 1.86. The Morgan fingerprint density at radius 1 is 1.14 bits per heavy atom. The van der Waals surface area contributed by atoms with Crippen LogP contribution in [0.1, 0.15) is 31.2 Å². The van der Waals surface area contributed by atoms with Crippen molar-refractivity contribution in [2.75, 3.05) is 0 Å². The third-order valence-corrected chi connectivity index (χ3v) is 3.02. The van der Waals surface area contributed by atoms with E-state index in [0.29, 0.717) is 6.10 Å². The second-order valence-electron chi connectivity index (χ2n) is 3.88. The average molecular weight is 208 g/mol. The smallest absolute Gasteiger partial charge is 0.0720 e. The molecule has 1 aliphatic rings. The number of thiol groups is 1. The lowest BCUT2D eigenvalue weighted by molar-refractivity contribution is 0.0457. The van der Waals surface area contributed by atoms with Crippen LogP contribution >= 0.6 is 12.6 Å². The van der Waals surface area contributed by atoms with Gasteiger partial charge in [-0.2, -0.15) is 0 Å². The zero-order valence-corrected chi connectivity index (χ0v) is 9.17. The van der Waals surface area contributed by atoms with Gasteiger partial charge in [0.05, 0.1) is 12.7 Å². The number of hydrogen-bond acceptors (Lipinski definition) is 2. The van der Waals surface area contributed by atoms with E-state index in [-0.39, 0.29) is 0 Å². The Hall–Kier alpha value is -0.470. The lowest BCUT2D eigenvalue weighted by atomic mass is 10.2.